The molecule has 3 rings (SSSR count). The third-order valence-corrected chi connectivity index (χ3v) is 5.18. The Kier molecular flexibility index (Phi) is 7.25. The Bertz CT molecular complexity index is 849. The average Bonchev–Trinajstić information content (AvgIpc) is 2.77. The fraction of sp³-hybridized carbons (Fsp3) is 0.391. The van der Waals surface area contributed by atoms with Crippen LogP contribution in [0, 0.1) is 6.92 Å². The molecule has 6 heteroatoms. The number of morpholine rings is 1. The van der Waals surface area contributed by atoms with E-state index in [9.17, 15) is 4.79 Å². The van der Waals surface area contributed by atoms with Crippen LogP contribution in [0.5, 0.6) is 0 Å². The number of aryl methyl sites for hydroxylation is 1. The Morgan fingerprint density at radius 2 is 2.00 bits per heavy atom. The van der Waals surface area contributed by atoms with Crippen LogP contribution in [0.25, 0.3) is 0 Å². The van der Waals surface area contributed by atoms with Gasteiger partial charge in [0.15, 0.2) is 5.96 Å². The molecule has 0 saturated carbocycles. The molecule has 0 bridgehead atoms. The van der Waals surface area contributed by atoms with Gasteiger partial charge in [-0.25, -0.2) is 4.79 Å². The summed E-state index contributed by atoms with van der Waals surface area (Å²) in [4.78, 5) is 18.2. The average molecular weight is 396 g/mol. The fourth-order valence-electron chi connectivity index (χ4n) is 3.55. The van der Waals surface area contributed by atoms with E-state index in [0.29, 0.717) is 12.2 Å². The number of aliphatic imine (C=N–C) groups is 1. The zero-order valence-corrected chi connectivity index (χ0v) is 17.4. The summed E-state index contributed by atoms with van der Waals surface area (Å²) in [6, 6.07) is 15.9. The van der Waals surface area contributed by atoms with E-state index < -0.39 is 0 Å². The van der Waals surface area contributed by atoms with Gasteiger partial charge >= 0.3 is 5.97 Å². The molecule has 0 aliphatic carbocycles. The monoisotopic (exact) mass is 395 g/mol. The lowest BCUT2D eigenvalue weighted by Crippen LogP contribution is -2.48. The molecule has 1 unspecified atom stereocenters. The molecule has 0 spiro atoms. The molecular formula is C23H29N3O3. The highest BCUT2D eigenvalue weighted by Gasteiger charge is 2.25. The van der Waals surface area contributed by atoms with Gasteiger partial charge in [-0.05, 0) is 42.2 Å². The largest absolute Gasteiger partial charge is 0.465 e. The van der Waals surface area contributed by atoms with Crippen molar-refractivity contribution in [3.63, 3.8) is 0 Å². The maximum absolute atomic E-state index is 11.5. The number of hydrogen-bond donors (Lipinski definition) is 1. The lowest BCUT2D eigenvalue weighted by atomic mass is 10.0. The first kappa shape index (κ1) is 20.9. The van der Waals surface area contributed by atoms with Crippen molar-refractivity contribution in [2.24, 2.45) is 4.99 Å². The first-order chi connectivity index (χ1) is 14.1. The second-order valence-electron chi connectivity index (χ2n) is 7.07. The van der Waals surface area contributed by atoms with Crippen molar-refractivity contribution in [3.8, 4) is 0 Å². The van der Waals surface area contributed by atoms with Crippen LogP contribution in [0.1, 0.15) is 33.2 Å². The van der Waals surface area contributed by atoms with Crippen molar-refractivity contribution in [2.75, 3.05) is 40.4 Å². The Balaban J connectivity index is 1.54. The number of esters is 1. The van der Waals surface area contributed by atoms with E-state index in [1.165, 1.54) is 18.2 Å². The number of benzene rings is 2. The second kappa shape index (κ2) is 10.1. The van der Waals surface area contributed by atoms with E-state index in [1.807, 2.05) is 19.2 Å². The lowest BCUT2D eigenvalue weighted by Gasteiger charge is -2.35. The number of hydrogen-bond acceptors (Lipinski definition) is 4. The Labute approximate surface area is 172 Å². The highest BCUT2D eigenvalue weighted by Crippen LogP contribution is 2.24. The van der Waals surface area contributed by atoms with Crippen LogP contribution in [-0.4, -0.2) is 57.2 Å². The lowest BCUT2D eigenvalue weighted by molar-refractivity contribution is -0.00829. The summed E-state index contributed by atoms with van der Waals surface area (Å²) in [5.41, 5.74) is 4.20. The summed E-state index contributed by atoms with van der Waals surface area (Å²) in [5, 5.41) is 3.45. The molecule has 1 heterocycles. The third kappa shape index (κ3) is 5.35. The van der Waals surface area contributed by atoms with Gasteiger partial charge in [0.2, 0.25) is 0 Å². The number of rotatable bonds is 5. The van der Waals surface area contributed by atoms with Crippen molar-refractivity contribution < 1.29 is 14.3 Å². The van der Waals surface area contributed by atoms with Crippen LogP contribution in [0.15, 0.2) is 53.5 Å². The highest BCUT2D eigenvalue weighted by atomic mass is 16.5. The summed E-state index contributed by atoms with van der Waals surface area (Å²) in [6.07, 6.45) is 0.890. The maximum atomic E-state index is 11.5. The summed E-state index contributed by atoms with van der Waals surface area (Å²) < 4.78 is 10.8. The fourth-order valence-corrected chi connectivity index (χ4v) is 3.55. The zero-order chi connectivity index (χ0) is 20.6. The highest BCUT2D eigenvalue weighted by molar-refractivity contribution is 5.89. The van der Waals surface area contributed by atoms with Gasteiger partial charge in [0.25, 0.3) is 0 Å². The number of nitrogens with one attached hydrogen (secondary N) is 1. The predicted octanol–water partition coefficient (Wildman–Crippen LogP) is 2.97. The van der Waals surface area contributed by atoms with E-state index in [1.54, 1.807) is 12.1 Å². The van der Waals surface area contributed by atoms with Crippen LogP contribution >= 0.6 is 0 Å². The standard InChI is InChI=1S/C23H29N3O3/c1-17-6-4-5-7-20(17)21-16-26(14-15-29-21)23(24-2)25-13-12-18-8-10-19(11-9-18)22(27)28-3/h4-11,21H,12-16H2,1-3H3,(H,24,25). The number of guanidine groups is 1. The molecule has 1 aliphatic rings. The molecule has 29 heavy (non-hydrogen) atoms. The van der Waals surface area contributed by atoms with Crippen molar-refractivity contribution in [3.05, 3.63) is 70.8 Å². The van der Waals surface area contributed by atoms with Crippen molar-refractivity contribution in [1.82, 2.24) is 10.2 Å². The molecule has 2 aromatic rings. The van der Waals surface area contributed by atoms with Gasteiger partial charge < -0.3 is 19.7 Å². The van der Waals surface area contributed by atoms with Crippen molar-refractivity contribution in [2.45, 2.75) is 19.4 Å². The van der Waals surface area contributed by atoms with E-state index in [-0.39, 0.29) is 12.1 Å². The molecular weight excluding hydrogens is 366 g/mol. The number of carbonyl (C=O) groups excluding carboxylic acids is 1. The molecule has 1 atom stereocenters. The topological polar surface area (TPSA) is 63.2 Å². The molecule has 2 aromatic carbocycles. The van der Waals surface area contributed by atoms with Gasteiger partial charge in [-0.1, -0.05) is 36.4 Å². The van der Waals surface area contributed by atoms with Crippen molar-refractivity contribution >= 4 is 11.9 Å². The van der Waals surface area contributed by atoms with Gasteiger partial charge in [-0.2, -0.15) is 0 Å². The minimum absolute atomic E-state index is 0.0503. The first-order valence-corrected chi connectivity index (χ1v) is 9.92. The molecule has 0 radical (unpaired) electrons. The molecule has 1 fully saturated rings. The molecule has 1 N–H and O–H groups in total. The van der Waals surface area contributed by atoms with Crippen LogP contribution in [0.3, 0.4) is 0 Å². The van der Waals surface area contributed by atoms with E-state index in [2.05, 4.69) is 46.4 Å². The summed E-state index contributed by atoms with van der Waals surface area (Å²) in [5.74, 6) is 0.573. The molecule has 6 nitrogen and oxygen atoms in total. The normalized spacial score (nSPS) is 17.1. The number of ether oxygens (including phenoxy) is 2. The smallest absolute Gasteiger partial charge is 0.337 e. The molecule has 0 amide bonds. The van der Waals surface area contributed by atoms with Gasteiger partial charge in [-0.15, -0.1) is 0 Å². The van der Waals surface area contributed by atoms with Gasteiger partial charge in [-0.3, -0.25) is 4.99 Å². The van der Waals surface area contributed by atoms with Crippen molar-refractivity contribution in [1.29, 1.82) is 0 Å². The Morgan fingerprint density at radius 1 is 1.24 bits per heavy atom. The quantitative estimate of drug-likeness (QED) is 0.479. The van der Waals surface area contributed by atoms with Crippen LogP contribution < -0.4 is 5.32 Å². The van der Waals surface area contributed by atoms with Gasteiger partial charge in [0.1, 0.15) is 6.10 Å². The van der Waals surface area contributed by atoms with Crippen LogP contribution in [0.2, 0.25) is 0 Å². The maximum Gasteiger partial charge on any atom is 0.337 e. The summed E-state index contributed by atoms with van der Waals surface area (Å²) >= 11 is 0. The minimum Gasteiger partial charge on any atom is -0.465 e. The molecule has 1 aliphatic heterocycles. The molecule has 154 valence electrons. The summed E-state index contributed by atoms with van der Waals surface area (Å²) in [6.45, 7) is 5.15. The Morgan fingerprint density at radius 3 is 2.69 bits per heavy atom. The Hall–Kier alpha value is -2.86. The SMILES string of the molecule is CN=C(NCCc1ccc(C(=O)OC)cc1)N1CCOC(c2ccccc2C)C1. The number of carbonyl (C=O) groups is 1. The zero-order valence-electron chi connectivity index (χ0n) is 17.4. The van der Waals surface area contributed by atoms with Gasteiger partial charge in [0.05, 0.1) is 25.8 Å². The molecule has 0 aromatic heterocycles. The minimum atomic E-state index is -0.314. The van der Waals surface area contributed by atoms with Crippen LogP contribution in [-0.2, 0) is 15.9 Å². The second-order valence-corrected chi connectivity index (χ2v) is 7.07. The van der Waals surface area contributed by atoms with E-state index >= 15 is 0 Å². The first-order valence-electron chi connectivity index (χ1n) is 9.92. The van der Waals surface area contributed by atoms with Crippen LogP contribution in [0.4, 0.5) is 0 Å². The molecule has 1 saturated heterocycles. The predicted molar refractivity (Wildman–Crippen MR) is 114 cm³/mol. The van der Waals surface area contributed by atoms with E-state index in [0.717, 1.165) is 37.6 Å². The number of nitrogens with zero attached hydrogens (tertiary/aromatic N) is 2. The van der Waals surface area contributed by atoms with E-state index in [4.69, 9.17) is 9.47 Å². The number of methoxy groups -OCH3 is 1. The summed E-state index contributed by atoms with van der Waals surface area (Å²) in [7, 11) is 3.20. The van der Waals surface area contributed by atoms with Gasteiger partial charge in [0, 0.05) is 20.1 Å². The third-order valence-electron chi connectivity index (χ3n) is 5.18.